The van der Waals surface area contributed by atoms with E-state index in [0.717, 1.165) is 22.5 Å². The molecule has 0 aromatic heterocycles. The van der Waals surface area contributed by atoms with E-state index in [1.165, 1.54) is 5.56 Å². The molecule has 1 unspecified atom stereocenters. The third kappa shape index (κ3) is 3.18. The quantitative estimate of drug-likeness (QED) is 0.938. The third-order valence-corrected chi connectivity index (χ3v) is 4.49. The molecule has 4 nitrogen and oxygen atoms in total. The van der Waals surface area contributed by atoms with Crippen LogP contribution in [0.15, 0.2) is 42.5 Å². The molecule has 1 atom stereocenters. The van der Waals surface area contributed by atoms with E-state index in [1.807, 2.05) is 51.1 Å². The monoisotopic (exact) mass is 322 g/mol. The van der Waals surface area contributed by atoms with Crippen LogP contribution < -0.4 is 10.2 Å². The van der Waals surface area contributed by atoms with Crippen molar-refractivity contribution in [3.63, 3.8) is 0 Å². The zero-order valence-electron chi connectivity index (χ0n) is 14.3. The molecule has 0 saturated carbocycles. The predicted molar refractivity (Wildman–Crippen MR) is 96.2 cm³/mol. The summed E-state index contributed by atoms with van der Waals surface area (Å²) in [5.74, 6) is -0.409. The maximum atomic E-state index is 12.6. The summed E-state index contributed by atoms with van der Waals surface area (Å²) in [4.78, 5) is 26.6. The molecule has 0 radical (unpaired) electrons. The fourth-order valence-corrected chi connectivity index (χ4v) is 3.34. The first kappa shape index (κ1) is 16.2. The number of amides is 2. The molecule has 1 saturated heterocycles. The topological polar surface area (TPSA) is 49.4 Å². The van der Waals surface area contributed by atoms with Crippen LogP contribution in [0.5, 0.6) is 0 Å². The van der Waals surface area contributed by atoms with Crippen molar-refractivity contribution < 1.29 is 9.59 Å². The lowest BCUT2D eigenvalue weighted by atomic mass is 10.0. The predicted octanol–water partition coefficient (Wildman–Crippen LogP) is 3.60. The molecule has 0 spiro atoms. The molecule has 0 aliphatic carbocycles. The molecule has 4 heteroatoms. The first-order valence-electron chi connectivity index (χ1n) is 8.20. The lowest BCUT2D eigenvalue weighted by molar-refractivity contribution is -0.122. The van der Waals surface area contributed by atoms with Gasteiger partial charge < -0.3 is 10.2 Å². The summed E-state index contributed by atoms with van der Waals surface area (Å²) >= 11 is 0. The number of rotatable bonds is 3. The Kier molecular flexibility index (Phi) is 4.38. The molecule has 1 heterocycles. The van der Waals surface area contributed by atoms with Crippen LogP contribution in [-0.2, 0) is 9.59 Å². The zero-order valence-corrected chi connectivity index (χ0v) is 14.3. The number of nitrogens with one attached hydrogen (secondary N) is 1. The molecule has 1 aliphatic rings. The molecule has 1 N–H and O–H groups in total. The summed E-state index contributed by atoms with van der Waals surface area (Å²) in [7, 11) is 0. The minimum absolute atomic E-state index is 0.00120. The van der Waals surface area contributed by atoms with Crippen LogP contribution >= 0.6 is 0 Å². The lowest BCUT2D eigenvalue weighted by Crippen LogP contribution is -2.28. The molecular formula is C20H22N2O2. The molecule has 2 aromatic carbocycles. The van der Waals surface area contributed by atoms with Gasteiger partial charge in [0.15, 0.2) is 0 Å². The Balaban J connectivity index is 1.74. The van der Waals surface area contributed by atoms with E-state index in [2.05, 4.69) is 17.4 Å². The molecule has 2 aromatic rings. The Morgan fingerprint density at radius 1 is 1.08 bits per heavy atom. The van der Waals surface area contributed by atoms with Crippen molar-refractivity contribution >= 4 is 23.2 Å². The summed E-state index contributed by atoms with van der Waals surface area (Å²) in [5.41, 5.74) is 4.97. The van der Waals surface area contributed by atoms with Gasteiger partial charge in [-0.1, -0.05) is 35.9 Å². The fraction of sp³-hybridized carbons (Fsp3) is 0.300. The van der Waals surface area contributed by atoms with Crippen molar-refractivity contribution in [1.82, 2.24) is 0 Å². The molecule has 3 rings (SSSR count). The van der Waals surface area contributed by atoms with Gasteiger partial charge in [0, 0.05) is 24.3 Å². The van der Waals surface area contributed by atoms with Crippen LogP contribution in [0.2, 0.25) is 0 Å². The average Bonchev–Trinajstić information content (AvgIpc) is 2.93. The van der Waals surface area contributed by atoms with Crippen LogP contribution in [-0.4, -0.2) is 18.4 Å². The highest BCUT2D eigenvalue weighted by molar-refractivity contribution is 6.03. The van der Waals surface area contributed by atoms with Gasteiger partial charge in [-0.3, -0.25) is 9.59 Å². The van der Waals surface area contributed by atoms with Crippen molar-refractivity contribution in [2.24, 2.45) is 5.92 Å². The van der Waals surface area contributed by atoms with E-state index in [-0.39, 0.29) is 24.2 Å². The van der Waals surface area contributed by atoms with Gasteiger partial charge in [-0.25, -0.2) is 0 Å². The second kappa shape index (κ2) is 6.48. The van der Waals surface area contributed by atoms with Crippen molar-refractivity contribution in [3.8, 4) is 0 Å². The summed E-state index contributed by atoms with van der Waals surface area (Å²) in [5, 5.41) is 3.02. The lowest BCUT2D eigenvalue weighted by Gasteiger charge is -2.17. The second-order valence-electron chi connectivity index (χ2n) is 6.50. The molecule has 2 amide bonds. The molecule has 1 fully saturated rings. The van der Waals surface area contributed by atoms with E-state index >= 15 is 0 Å². The van der Waals surface area contributed by atoms with E-state index in [1.54, 1.807) is 4.90 Å². The summed E-state index contributed by atoms with van der Waals surface area (Å²) in [6.45, 7) is 6.45. The van der Waals surface area contributed by atoms with Gasteiger partial charge in [-0.2, -0.15) is 0 Å². The van der Waals surface area contributed by atoms with E-state index in [4.69, 9.17) is 0 Å². The Morgan fingerprint density at radius 3 is 2.33 bits per heavy atom. The highest BCUT2D eigenvalue weighted by Crippen LogP contribution is 2.27. The maximum Gasteiger partial charge on any atom is 0.229 e. The zero-order chi connectivity index (χ0) is 17.3. The maximum absolute atomic E-state index is 12.6. The van der Waals surface area contributed by atoms with E-state index in [9.17, 15) is 9.59 Å². The largest absolute Gasteiger partial charge is 0.325 e. The van der Waals surface area contributed by atoms with Crippen LogP contribution in [0.1, 0.15) is 23.1 Å². The summed E-state index contributed by atoms with van der Waals surface area (Å²) in [6.07, 6.45) is 0.255. The Hall–Kier alpha value is -2.62. The standard InChI is InChI=1S/C20H22N2O2/c1-13-9-14(2)19(15(3)10-13)21-20(24)16-11-18(23)22(12-16)17-7-5-4-6-8-17/h4-10,16H,11-12H2,1-3H3,(H,21,24). The number of para-hydroxylation sites is 1. The number of hydrogen-bond donors (Lipinski definition) is 1. The van der Waals surface area contributed by atoms with Crippen LogP contribution in [0.25, 0.3) is 0 Å². The van der Waals surface area contributed by atoms with Crippen molar-refractivity contribution in [2.75, 3.05) is 16.8 Å². The highest BCUT2D eigenvalue weighted by atomic mass is 16.2. The summed E-state index contributed by atoms with van der Waals surface area (Å²) < 4.78 is 0. The average molecular weight is 322 g/mol. The Labute approximate surface area is 142 Å². The van der Waals surface area contributed by atoms with Crippen molar-refractivity contribution in [1.29, 1.82) is 0 Å². The van der Waals surface area contributed by atoms with Gasteiger partial charge in [0.05, 0.1) is 5.92 Å². The van der Waals surface area contributed by atoms with E-state index < -0.39 is 0 Å². The SMILES string of the molecule is Cc1cc(C)c(NC(=O)C2CC(=O)N(c3ccccc3)C2)c(C)c1. The molecule has 24 heavy (non-hydrogen) atoms. The first-order chi connectivity index (χ1) is 11.5. The number of anilines is 2. The number of carbonyl (C=O) groups excluding carboxylic acids is 2. The normalized spacial score (nSPS) is 17.2. The van der Waals surface area contributed by atoms with Crippen molar-refractivity contribution in [3.05, 3.63) is 59.2 Å². The second-order valence-corrected chi connectivity index (χ2v) is 6.50. The van der Waals surface area contributed by atoms with Gasteiger partial charge in [0.2, 0.25) is 11.8 Å². The number of hydrogen-bond acceptors (Lipinski definition) is 2. The minimum atomic E-state index is -0.321. The molecule has 1 aliphatic heterocycles. The number of benzene rings is 2. The number of carbonyl (C=O) groups is 2. The first-order valence-corrected chi connectivity index (χ1v) is 8.20. The smallest absolute Gasteiger partial charge is 0.229 e. The van der Waals surface area contributed by atoms with Gasteiger partial charge in [0.1, 0.15) is 0 Å². The van der Waals surface area contributed by atoms with Gasteiger partial charge in [-0.05, 0) is 44.0 Å². The van der Waals surface area contributed by atoms with Gasteiger partial charge in [-0.15, -0.1) is 0 Å². The molecule has 124 valence electrons. The Bertz CT molecular complexity index is 760. The highest BCUT2D eigenvalue weighted by Gasteiger charge is 2.35. The van der Waals surface area contributed by atoms with Gasteiger partial charge >= 0.3 is 0 Å². The number of nitrogens with zero attached hydrogens (tertiary/aromatic N) is 1. The minimum Gasteiger partial charge on any atom is -0.325 e. The van der Waals surface area contributed by atoms with E-state index in [0.29, 0.717) is 6.54 Å². The van der Waals surface area contributed by atoms with Crippen LogP contribution in [0, 0.1) is 26.7 Å². The van der Waals surface area contributed by atoms with Crippen molar-refractivity contribution in [2.45, 2.75) is 27.2 Å². The molecule has 0 bridgehead atoms. The third-order valence-electron chi connectivity index (χ3n) is 4.49. The number of aryl methyl sites for hydroxylation is 3. The van der Waals surface area contributed by atoms with Crippen LogP contribution in [0.3, 0.4) is 0 Å². The fourth-order valence-electron chi connectivity index (χ4n) is 3.34. The Morgan fingerprint density at radius 2 is 1.71 bits per heavy atom. The summed E-state index contributed by atoms with van der Waals surface area (Å²) in [6, 6.07) is 13.6. The van der Waals surface area contributed by atoms with Crippen LogP contribution in [0.4, 0.5) is 11.4 Å². The van der Waals surface area contributed by atoms with Gasteiger partial charge in [0.25, 0.3) is 0 Å². The molecular weight excluding hydrogens is 300 g/mol.